The van der Waals surface area contributed by atoms with Crippen molar-refractivity contribution in [2.24, 2.45) is 0 Å². The Morgan fingerprint density at radius 2 is 1.78 bits per heavy atom. The summed E-state index contributed by atoms with van der Waals surface area (Å²) in [6.07, 6.45) is 0.990. The number of esters is 1. The van der Waals surface area contributed by atoms with E-state index in [2.05, 4.69) is 20.9 Å². The van der Waals surface area contributed by atoms with E-state index in [-0.39, 0.29) is 25.3 Å². The van der Waals surface area contributed by atoms with Crippen LogP contribution in [0.4, 0.5) is 5.69 Å². The summed E-state index contributed by atoms with van der Waals surface area (Å²) in [7, 11) is 4.49. The van der Waals surface area contributed by atoms with E-state index in [1.165, 1.54) is 27.5 Å². The molecule has 0 saturated heterocycles. The highest BCUT2D eigenvalue weighted by molar-refractivity contribution is 5.95. The Kier molecular flexibility index (Phi) is 9.42. The fraction of sp³-hybridized carbons (Fsp3) is 0.450. The molecule has 0 fully saturated rings. The summed E-state index contributed by atoms with van der Waals surface area (Å²) in [6.45, 7) is 2.35. The fourth-order valence-corrected chi connectivity index (χ4v) is 2.70. The quantitative estimate of drug-likeness (QED) is 0.355. The van der Waals surface area contributed by atoms with Gasteiger partial charge in [-0.05, 0) is 6.92 Å². The van der Waals surface area contributed by atoms with Crippen LogP contribution in [0.3, 0.4) is 0 Å². The van der Waals surface area contributed by atoms with Gasteiger partial charge in [0.2, 0.25) is 11.8 Å². The minimum atomic E-state index is -1.06. The van der Waals surface area contributed by atoms with Gasteiger partial charge in [-0.2, -0.15) is 0 Å². The van der Waals surface area contributed by atoms with Gasteiger partial charge in [0, 0.05) is 37.5 Å². The topological polar surface area (TPSA) is 143 Å². The molecular weight excluding hydrogens is 422 g/mol. The number of anilines is 1. The Bertz CT molecular complexity index is 909. The molecule has 1 aromatic heterocycles. The van der Waals surface area contributed by atoms with Crippen molar-refractivity contribution in [2.75, 3.05) is 46.4 Å². The number of benzene rings is 1. The smallest absolute Gasteiger partial charge is 0.360 e. The van der Waals surface area contributed by atoms with Crippen LogP contribution in [0.25, 0.3) is 0 Å². The Balaban J connectivity index is 2.20. The van der Waals surface area contributed by atoms with Gasteiger partial charge in [0.1, 0.15) is 17.5 Å². The number of aromatic nitrogens is 3. The summed E-state index contributed by atoms with van der Waals surface area (Å²) in [6, 6.07) is 3.83. The van der Waals surface area contributed by atoms with Crippen molar-refractivity contribution in [2.45, 2.75) is 19.4 Å². The summed E-state index contributed by atoms with van der Waals surface area (Å²) in [5, 5.41) is 12.9. The van der Waals surface area contributed by atoms with Crippen molar-refractivity contribution in [1.82, 2.24) is 20.3 Å². The van der Waals surface area contributed by atoms with Crippen molar-refractivity contribution in [3.05, 3.63) is 30.1 Å². The largest absolute Gasteiger partial charge is 0.497 e. The number of nitrogens with zero attached hydrogens (tertiary/aromatic N) is 3. The number of methoxy groups -OCH3 is 3. The van der Waals surface area contributed by atoms with Crippen molar-refractivity contribution < 1.29 is 33.3 Å². The number of amides is 2. The highest BCUT2D eigenvalue weighted by atomic mass is 16.5. The number of carbonyl (C=O) groups is 3. The van der Waals surface area contributed by atoms with E-state index < -0.39 is 23.8 Å². The second-order valence-corrected chi connectivity index (χ2v) is 6.46. The normalized spacial score (nSPS) is 11.4. The second kappa shape index (κ2) is 12.2. The molecule has 12 nitrogen and oxygen atoms in total. The molecule has 174 valence electrons. The van der Waals surface area contributed by atoms with Gasteiger partial charge in [0.15, 0.2) is 5.69 Å². The zero-order valence-corrected chi connectivity index (χ0v) is 18.4. The number of hydrogen-bond acceptors (Lipinski definition) is 9. The zero-order chi connectivity index (χ0) is 23.5. The second-order valence-electron chi connectivity index (χ2n) is 6.46. The van der Waals surface area contributed by atoms with Crippen LogP contribution < -0.4 is 20.1 Å². The third kappa shape index (κ3) is 6.94. The predicted octanol–water partition coefficient (Wildman–Crippen LogP) is 0.805. The Morgan fingerprint density at radius 3 is 2.38 bits per heavy atom. The monoisotopic (exact) mass is 449 g/mol. The number of nitrogens with one attached hydrogen (secondary N) is 2. The maximum atomic E-state index is 12.7. The number of hydrogen-bond donors (Lipinski definition) is 2. The van der Waals surface area contributed by atoms with Gasteiger partial charge in [0.25, 0.3) is 0 Å². The first-order valence-electron chi connectivity index (χ1n) is 9.80. The van der Waals surface area contributed by atoms with Crippen LogP contribution >= 0.6 is 0 Å². The van der Waals surface area contributed by atoms with Crippen molar-refractivity contribution in [1.29, 1.82) is 0 Å². The van der Waals surface area contributed by atoms with Gasteiger partial charge in [0.05, 0.1) is 40.1 Å². The molecule has 2 N–H and O–H groups in total. The van der Waals surface area contributed by atoms with Crippen molar-refractivity contribution in [3.63, 3.8) is 0 Å². The maximum absolute atomic E-state index is 12.7. The van der Waals surface area contributed by atoms with Gasteiger partial charge in [-0.15, -0.1) is 5.10 Å². The first-order chi connectivity index (χ1) is 15.4. The fourth-order valence-electron chi connectivity index (χ4n) is 2.70. The molecule has 0 aliphatic carbocycles. The molecule has 0 aliphatic heterocycles. The molecular formula is C20H27N5O7. The van der Waals surface area contributed by atoms with E-state index in [9.17, 15) is 14.4 Å². The number of carbonyl (C=O) groups excluding carboxylic acids is 3. The summed E-state index contributed by atoms with van der Waals surface area (Å²) >= 11 is 0. The number of ether oxygens (including phenoxy) is 4. The van der Waals surface area contributed by atoms with Crippen LogP contribution in [0.2, 0.25) is 0 Å². The van der Waals surface area contributed by atoms with Gasteiger partial charge in [-0.3, -0.25) is 9.59 Å². The lowest BCUT2D eigenvalue weighted by molar-refractivity contribution is -0.128. The van der Waals surface area contributed by atoms with E-state index in [0.717, 1.165) is 4.68 Å². The first-order valence-corrected chi connectivity index (χ1v) is 9.80. The third-order valence-electron chi connectivity index (χ3n) is 4.24. The lowest BCUT2D eigenvalue weighted by atomic mass is 10.1. The highest BCUT2D eigenvalue weighted by Gasteiger charge is 2.26. The highest BCUT2D eigenvalue weighted by Crippen LogP contribution is 2.26. The molecule has 0 aliphatic rings. The summed E-state index contributed by atoms with van der Waals surface area (Å²) in [4.78, 5) is 37.3. The third-order valence-corrected chi connectivity index (χ3v) is 4.24. The van der Waals surface area contributed by atoms with Crippen molar-refractivity contribution in [3.8, 4) is 11.5 Å². The molecule has 0 spiro atoms. The van der Waals surface area contributed by atoms with Crippen LogP contribution in [0.1, 0.15) is 29.9 Å². The van der Waals surface area contributed by atoms with Crippen LogP contribution in [0, 0.1) is 0 Å². The molecule has 2 amide bonds. The molecule has 2 aromatic rings. The Morgan fingerprint density at radius 1 is 1.09 bits per heavy atom. The molecule has 1 heterocycles. The van der Waals surface area contributed by atoms with Gasteiger partial charge in [-0.1, -0.05) is 5.21 Å². The van der Waals surface area contributed by atoms with Crippen LogP contribution in [0.15, 0.2) is 24.4 Å². The predicted molar refractivity (Wildman–Crippen MR) is 113 cm³/mol. The molecule has 12 heteroatoms. The van der Waals surface area contributed by atoms with Crippen molar-refractivity contribution >= 4 is 23.5 Å². The Hall–Kier alpha value is -3.67. The molecule has 0 bridgehead atoms. The minimum absolute atomic E-state index is 0.0699. The van der Waals surface area contributed by atoms with Gasteiger partial charge in [-0.25, -0.2) is 9.48 Å². The van der Waals surface area contributed by atoms with Gasteiger partial charge >= 0.3 is 5.97 Å². The molecule has 0 unspecified atom stereocenters. The molecule has 0 saturated carbocycles. The lowest BCUT2D eigenvalue weighted by Crippen LogP contribution is -2.36. The average Bonchev–Trinajstić information content (AvgIpc) is 3.27. The van der Waals surface area contributed by atoms with Crippen LogP contribution in [-0.4, -0.2) is 73.9 Å². The summed E-state index contributed by atoms with van der Waals surface area (Å²) in [5.74, 6) is -0.654. The standard InChI is InChI=1S/C20H27N5O7/c1-5-32-20(28)16-12-25(24-23-16)17(19(27)21-6-7-29-2)11-18(26)22-13-8-14(30-3)10-15(9-13)31-4/h8-10,12,17H,5-7,11H2,1-4H3,(H,21,27)(H,22,26)/t17-/m1/s1. The maximum Gasteiger partial charge on any atom is 0.360 e. The SMILES string of the molecule is CCOC(=O)c1cn([C@H](CC(=O)Nc2cc(OC)cc(OC)c2)C(=O)NCCOC)nn1. The van der Waals surface area contributed by atoms with Gasteiger partial charge < -0.3 is 29.6 Å². The molecule has 32 heavy (non-hydrogen) atoms. The summed E-state index contributed by atoms with van der Waals surface area (Å²) in [5.41, 5.74) is 0.357. The van der Waals surface area contributed by atoms with E-state index >= 15 is 0 Å². The first kappa shape index (κ1) is 24.6. The van der Waals surface area contributed by atoms with E-state index in [1.54, 1.807) is 25.1 Å². The molecule has 0 radical (unpaired) electrons. The lowest BCUT2D eigenvalue weighted by Gasteiger charge is -2.17. The molecule has 1 aromatic carbocycles. The average molecular weight is 449 g/mol. The molecule has 2 rings (SSSR count). The number of rotatable bonds is 12. The van der Waals surface area contributed by atoms with E-state index in [4.69, 9.17) is 18.9 Å². The zero-order valence-electron chi connectivity index (χ0n) is 18.4. The Labute approximate surface area is 185 Å². The van der Waals surface area contributed by atoms with Crippen LogP contribution in [-0.2, 0) is 19.1 Å². The van der Waals surface area contributed by atoms with E-state index in [0.29, 0.717) is 23.8 Å². The molecule has 1 atom stereocenters. The summed E-state index contributed by atoms with van der Waals surface area (Å²) < 4.78 is 21.4. The van der Waals surface area contributed by atoms with Crippen LogP contribution in [0.5, 0.6) is 11.5 Å². The minimum Gasteiger partial charge on any atom is -0.497 e. The van der Waals surface area contributed by atoms with E-state index in [1.807, 2.05) is 0 Å².